The molecule has 0 bridgehead atoms. The standard InChI is InChI=1S/C17H25NO3S2/c1-11(2)18(10-14(19)21-17(3,4)5)16(20)15-12-6-8-22-13(12)7-9-23-15/h6,8,11,15H,7,9-10H2,1-5H3/t15-/m0/s1. The van der Waals surface area contributed by atoms with Gasteiger partial charge in [0.05, 0.1) is 0 Å². The molecule has 0 aliphatic carbocycles. The number of nitrogens with zero attached hydrogens (tertiary/aromatic N) is 1. The average Bonchev–Trinajstić information content (AvgIpc) is 2.90. The van der Waals surface area contributed by atoms with E-state index >= 15 is 0 Å². The molecule has 0 saturated carbocycles. The van der Waals surface area contributed by atoms with Gasteiger partial charge < -0.3 is 9.64 Å². The Balaban J connectivity index is 2.13. The van der Waals surface area contributed by atoms with Crippen molar-refractivity contribution in [3.8, 4) is 0 Å². The van der Waals surface area contributed by atoms with E-state index in [1.807, 2.05) is 46.1 Å². The van der Waals surface area contributed by atoms with E-state index in [0.29, 0.717) is 0 Å². The van der Waals surface area contributed by atoms with Crippen LogP contribution in [0.3, 0.4) is 0 Å². The van der Waals surface area contributed by atoms with E-state index in [2.05, 4.69) is 0 Å². The van der Waals surface area contributed by atoms with Gasteiger partial charge in [-0.15, -0.1) is 23.1 Å². The third kappa shape index (κ3) is 4.73. The minimum atomic E-state index is -0.539. The normalized spacial score (nSPS) is 17.7. The molecule has 0 spiro atoms. The van der Waals surface area contributed by atoms with Crippen LogP contribution in [-0.4, -0.2) is 40.7 Å². The summed E-state index contributed by atoms with van der Waals surface area (Å²) in [4.78, 5) is 28.1. The zero-order chi connectivity index (χ0) is 17.2. The number of hydrogen-bond donors (Lipinski definition) is 0. The van der Waals surface area contributed by atoms with Gasteiger partial charge in [0, 0.05) is 10.9 Å². The number of amides is 1. The van der Waals surface area contributed by atoms with Crippen molar-refractivity contribution in [3.05, 3.63) is 21.9 Å². The third-order valence-corrected chi connectivity index (χ3v) is 5.75. The van der Waals surface area contributed by atoms with Gasteiger partial charge in [0.15, 0.2) is 0 Å². The molecular formula is C17H25NO3S2. The summed E-state index contributed by atoms with van der Waals surface area (Å²) in [6.45, 7) is 9.38. The molecule has 0 aromatic carbocycles. The Morgan fingerprint density at radius 3 is 2.70 bits per heavy atom. The van der Waals surface area contributed by atoms with Gasteiger partial charge in [0.2, 0.25) is 5.91 Å². The molecule has 0 saturated heterocycles. The molecule has 2 rings (SSSR count). The number of hydrogen-bond acceptors (Lipinski definition) is 5. The number of carbonyl (C=O) groups is 2. The summed E-state index contributed by atoms with van der Waals surface area (Å²) >= 11 is 3.38. The maximum atomic E-state index is 13.0. The molecule has 0 unspecified atom stereocenters. The van der Waals surface area contributed by atoms with Gasteiger partial charge in [0.25, 0.3) is 0 Å². The molecular weight excluding hydrogens is 330 g/mol. The zero-order valence-electron chi connectivity index (χ0n) is 14.4. The fourth-order valence-corrected chi connectivity index (χ4v) is 4.89. The molecule has 1 aliphatic rings. The highest BCUT2D eigenvalue weighted by atomic mass is 32.2. The van der Waals surface area contributed by atoms with Crippen LogP contribution >= 0.6 is 23.1 Å². The molecule has 0 radical (unpaired) electrons. The quantitative estimate of drug-likeness (QED) is 0.773. The van der Waals surface area contributed by atoms with Crippen LogP contribution in [0.4, 0.5) is 0 Å². The SMILES string of the molecule is CC(C)N(CC(=O)OC(C)(C)C)C(=O)[C@H]1SCCc2sccc21. The summed E-state index contributed by atoms with van der Waals surface area (Å²) in [5, 5.41) is 1.85. The molecule has 1 aliphatic heterocycles. The summed E-state index contributed by atoms with van der Waals surface area (Å²) in [6, 6.07) is 2.00. The van der Waals surface area contributed by atoms with E-state index < -0.39 is 5.60 Å². The fraction of sp³-hybridized carbons (Fsp3) is 0.647. The number of esters is 1. The van der Waals surface area contributed by atoms with Crippen molar-refractivity contribution in [2.75, 3.05) is 12.3 Å². The molecule has 128 valence electrons. The molecule has 0 N–H and O–H groups in total. The van der Waals surface area contributed by atoms with Gasteiger partial charge in [-0.1, -0.05) is 0 Å². The van der Waals surface area contributed by atoms with Gasteiger partial charge in [-0.2, -0.15) is 0 Å². The molecule has 0 fully saturated rings. The highest BCUT2D eigenvalue weighted by Gasteiger charge is 2.34. The van der Waals surface area contributed by atoms with Crippen LogP contribution in [0, 0.1) is 0 Å². The number of thioether (sulfide) groups is 1. The van der Waals surface area contributed by atoms with Crippen molar-refractivity contribution in [1.82, 2.24) is 4.90 Å². The molecule has 23 heavy (non-hydrogen) atoms. The Hall–Kier alpha value is -1.01. The molecule has 1 amide bonds. The van der Waals surface area contributed by atoms with E-state index in [1.54, 1.807) is 28.0 Å². The van der Waals surface area contributed by atoms with E-state index in [-0.39, 0.29) is 29.7 Å². The van der Waals surface area contributed by atoms with Crippen LogP contribution in [0.15, 0.2) is 11.4 Å². The van der Waals surface area contributed by atoms with Crippen LogP contribution < -0.4 is 0 Å². The Kier molecular flexibility index (Phi) is 5.79. The van der Waals surface area contributed by atoms with Crippen LogP contribution in [0.5, 0.6) is 0 Å². The molecule has 1 aromatic heterocycles. The highest BCUT2D eigenvalue weighted by Crippen LogP contribution is 2.40. The number of rotatable bonds is 4. The van der Waals surface area contributed by atoms with E-state index in [1.165, 1.54) is 4.88 Å². The van der Waals surface area contributed by atoms with E-state index in [4.69, 9.17) is 4.74 Å². The van der Waals surface area contributed by atoms with Crippen molar-refractivity contribution in [3.63, 3.8) is 0 Å². The summed E-state index contributed by atoms with van der Waals surface area (Å²) in [5.74, 6) is 0.601. The first-order valence-electron chi connectivity index (χ1n) is 7.89. The van der Waals surface area contributed by atoms with Crippen molar-refractivity contribution in [2.45, 2.75) is 57.9 Å². The lowest BCUT2D eigenvalue weighted by atomic mass is 10.1. The lowest BCUT2D eigenvalue weighted by Crippen LogP contribution is -2.44. The van der Waals surface area contributed by atoms with Gasteiger partial charge >= 0.3 is 5.97 Å². The summed E-state index contributed by atoms with van der Waals surface area (Å²) in [7, 11) is 0. The topological polar surface area (TPSA) is 46.6 Å². The lowest BCUT2D eigenvalue weighted by molar-refractivity contribution is -0.159. The Morgan fingerprint density at radius 1 is 1.39 bits per heavy atom. The maximum Gasteiger partial charge on any atom is 0.326 e. The predicted octanol–water partition coefficient (Wildman–Crippen LogP) is 3.66. The largest absolute Gasteiger partial charge is 0.459 e. The van der Waals surface area contributed by atoms with Crippen LogP contribution in [0.2, 0.25) is 0 Å². The summed E-state index contributed by atoms with van der Waals surface area (Å²) in [6.07, 6.45) is 1.02. The second-order valence-corrected chi connectivity index (χ2v) is 9.16. The number of aryl methyl sites for hydroxylation is 1. The second-order valence-electron chi connectivity index (χ2n) is 6.95. The molecule has 1 aromatic rings. The van der Waals surface area contributed by atoms with E-state index in [9.17, 15) is 9.59 Å². The van der Waals surface area contributed by atoms with Gasteiger partial charge in [-0.05, 0) is 63.8 Å². The number of thiophene rings is 1. The minimum Gasteiger partial charge on any atom is -0.459 e. The predicted molar refractivity (Wildman–Crippen MR) is 95.9 cm³/mol. The van der Waals surface area contributed by atoms with Gasteiger partial charge in [-0.25, -0.2) is 0 Å². The number of carbonyl (C=O) groups excluding carboxylic acids is 2. The second kappa shape index (κ2) is 7.26. The van der Waals surface area contributed by atoms with Gasteiger partial charge in [0.1, 0.15) is 17.4 Å². The Labute approximate surface area is 146 Å². The first kappa shape index (κ1) is 18.3. The molecule has 2 heterocycles. The van der Waals surface area contributed by atoms with Crippen molar-refractivity contribution in [1.29, 1.82) is 0 Å². The Bertz CT molecular complexity index is 575. The summed E-state index contributed by atoms with van der Waals surface area (Å²) in [5.41, 5.74) is 0.578. The van der Waals surface area contributed by atoms with Crippen LogP contribution in [0.25, 0.3) is 0 Å². The highest BCUT2D eigenvalue weighted by molar-refractivity contribution is 8.00. The lowest BCUT2D eigenvalue weighted by Gasteiger charge is -2.32. The first-order valence-corrected chi connectivity index (χ1v) is 9.82. The van der Waals surface area contributed by atoms with Crippen molar-refractivity contribution in [2.24, 2.45) is 0 Å². The first-order chi connectivity index (χ1) is 10.7. The average molecular weight is 356 g/mol. The minimum absolute atomic E-state index is 0.00427. The van der Waals surface area contributed by atoms with Crippen molar-refractivity contribution >= 4 is 35.0 Å². The van der Waals surface area contributed by atoms with E-state index in [0.717, 1.165) is 17.7 Å². The van der Waals surface area contributed by atoms with Gasteiger partial charge in [-0.3, -0.25) is 9.59 Å². The Morgan fingerprint density at radius 2 is 2.09 bits per heavy atom. The number of fused-ring (bicyclic) bond motifs is 1. The van der Waals surface area contributed by atoms with Crippen molar-refractivity contribution < 1.29 is 14.3 Å². The van der Waals surface area contributed by atoms with Crippen LogP contribution in [0.1, 0.15) is 50.3 Å². The number of ether oxygens (including phenoxy) is 1. The molecule has 4 nitrogen and oxygen atoms in total. The fourth-order valence-electron chi connectivity index (χ4n) is 2.53. The molecule has 1 atom stereocenters. The zero-order valence-corrected chi connectivity index (χ0v) is 16.1. The van der Waals surface area contributed by atoms with Crippen LogP contribution in [-0.2, 0) is 20.7 Å². The maximum absolute atomic E-state index is 13.0. The third-order valence-electron chi connectivity index (χ3n) is 3.53. The summed E-state index contributed by atoms with van der Waals surface area (Å²) < 4.78 is 5.37. The smallest absolute Gasteiger partial charge is 0.326 e. The molecule has 6 heteroatoms. The monoisotopic (exact) mass is 355 g/mol.